The van der Waals surface area contributed by atoms with E-state index >= 15 is 0 Å². The summed E-state index contributed by atoms with van der Waals surface area (Å²) < 4.78 is 0.895. The van der Waals surface area contributed by atoms with Gasteiger partial charge in [0.15, 0.2) is 0 Å². The summed E-state index contributed by atoms with van der Waals surface area (Å²) in [6, 6.07) is 7.60. The number of benzene rings is 1. The van der Waals surface area contributed by atoms with Crippen LogP contribution in [0.1, 0.15) is 33.6 Å². The Morgan fingerprint density at radius 2 is 1.89 bits per heavy atom. The quantitative estimate of drug-likeness (QED) is 0.843. The number of amides is 1. The Bertz CT molecular complexity index is 403. The van der Waals surface area contributed by atoms with Crippen LogP contribution >= 0.6 is 15.9 Å². The van der Waals surface area contributed by atoms with E-state index in [1.807, 2.05) is 24.3 Å². The predicted molar refractivity (Wildman–Crippen MR) is 79.8 cm³/mol. The predicted octanol–water partition coefficient (Wildman–Crippen LogP) is 3.56. The maximum Gasteiger partial charge on any atom is 0.238 e. The van der Waals surface area contributed by atoms with Crippen molar-refractivity contribution in [3.8, 4) is 0 Å². The van der Waals surface area contributed by atoms with E-state index in [-0.39, 0.29) is 11.4 Å². The lowest BCUT2D eigenvalue weighted by atomic mass is 9.96. The van der Waals surface area contributed by atoms with Crippen molar-refractivity contribution in [1.29, 1.82) is 0 Å². The minimum Gasteiger partial charge on any atom is -0.324 e. The molecule has 0 aliphatic carbocycles. The van der Waals surface area contributed by atoms with Crippen molar-refractivity contribution in [2.45, 2.75) is 39.2 Å². The molecule has 0 fully saturated rings. The molecule has 0 aliphatic rings. The van der Waals surface area contributed by atoms with Crippen molar-refractivity contribution in [2.24, 2.45) is 0 Å². The molecule has 0 radical (unpaired) electrons. The van der Waals surface area contributed by atoms with Crippen molar-refractivity contribution < 1.29 is 4.79 Å². The molecular formula is C14H21BrN2O. The van der Waals surface area contributed by atoms with Gasteiger partial charge in [0.05, 0.1) is 12.2 Å². The molecule has 1 amide bonds. The van der Waals surface area contributed by atoms with Crippen LogP contribution in [0.5, 0.6) is 0 Å². The van der Waals surface area contributed by atoms with E-state index in [0.717, 1.165) is 23.0 Å². The van der Waals surface area contributed by atoms with Gasteiger partial charge in [0.1, 0.15) is 0 Å². The van der Waals surface area contributed by atoms with Crippen LogP contribution < -0.4 is 10.6 Å². The fraction of sp³-hybridized carbons (Fsp3) is 0.500. The van der Waals surface area contributed by atoms with Crippen molar-refractivity contribution >= 4 is 27.5 Å². The minimum absolute atomic E-state index is 0.0185. The fourth-order valence-electron chi connectivity index (χ4n) is 1.55. The lowest BCUT2D eigenvalue weighted by molar-refractivity contribution is -0.115. The molecule has 0 aromatic heterocycles. The highest BCUT2D eigenvalue weighted by molar-refractivity contribution is 9.10. The number of hydrogen-bond acceptors (Lipinski definition) is 2. The Morgan fingerprint density at radius 1 is 1.28 bits per heavy atom. The molecule has 0 aliphatic heterocycles. The summed E-state index contributed by atoms with van der Waals surface area (Å²) >= 11 is 3.41. The van der Waals surface area contributed by atoms with Crippen LogP contribution in [-0.2, 0) is 4.79 Å². The Hall–Kier alpha value is -0.870. The number of para-hydroxylation sites is 1. The van der Waals surface area contributed by atoms with Gasteiger partial charge in [-0.3, -0.25) is 4.79 Å². The van der Waals surface area contributed by atoms with E-state index in [2.05, 4.69) is 47.3 Å². The van der Waals surface area contributed by atoms with Gasteiger partial charge in [0.25, 0.3) is 0 Å². The second-order valence-electron chi connectivity index (χ2n) is 4.65. The SMILES string of the molecule is CCC(C)(CC)NCC(=O)Nc1ccccc1Br. The molecule has 0 bridgehead atoms. The third-order valence-corrected chi connectivity index (χ3v) is 4.08. The summed E-state index contributed by atoms with van der Waals surface area (Å²) in [7, 11) is 0. The second kappa shape index (κ2) is 6.90. The van der Waals surface area contributed by atoms with Crippen molar-refractivity contribution in [1.82, 2.24) is 5.32 Å². The van der Waals surface area contributed by atoms with Crippen LogP contribution in [0.25, 0.3) is 0 Å². The lowest BCUT2D eigenvalue weighted by Crippen LogP contribution is -2.45. The molecule has 2 N–H and O–H groups in total. The summed E-state index contributed by atoms with van der Waals surface area (Å²) in [6.07, 6.45) is 2.01. The number of carbonyl (C=O) groups is 1. The number of nitrogens with one attached hydrogen (secondary N) is 2. The molecule has 1 aromatic rings. The van der Waals surface area contributed by atoms with Crippen LogP contribution in [0.3, 0.4) is 0 Å². The molecular weight excluding hydrogens is 292 g/mol. The highest BCUT2D eigenvalue weighted by Gasteiger charge is 2.19. The van der Waals surface area contributed by atoms with Crippen LogP contribution in [0.4, 0.5) is 5.69 Å². The van der Waals surface area contributed by atoms with Crippen molar-refractivity contribution in [2.75, 3.05) is 11.9 Å². The monoisotopic (exact) mass is 312 g/mol. The van der Waals surface area contributed by atoms with Gasteiger partial charge >= 0.3 is 0 Å². The minimum atomic E-state index is -0.0185. The normalized spacial score (nSPS) is 11.3. The molecule has 4 heteroatoms. The number of anilines is 1. The molecule has 0 saturated carbocycles. The Labute approximate surface area is 117 Å². The summed E-state index contributed by atoms with van der Waals surface area (Å²) in [6.45, 7) is 6.72. The van der Waals surface area contributed by atoms with Gasteiger partial charge in [0, 0.05) is 10.0 Å². The van der Waals surface area contributed by atoms with Crippen molar-refractivity contribution in [3.05, 3.63) is 28.7 Å². The molecule has 0 unspecified atom stereocenters. The standard InChI is InChI=1S/C14H21BrN2O/c1-4-14(3,5-2)16-10-13(18)17-12-9-7-6-8-11(12)15/h6-9,16H,4-5,10H2,1-3H3,(H,17,18). The zero-order valence-corrected chi connectivity index (χ0v) is 12.8. The van der Waals surface area contributed by atoms with Crippen LogP contribution in [0.15, 0.2) is 28.7 Å². The zero-order valence-electron chi connectivity index (χ0n) is 11.2. The maximum absolute atomic E-state index is 11.8. The van der Waals surface area contributed by atoms with E-state index in [1.54, 1.807) is 0 Å². The number of halogens is 1. The second-order valence-corrected chi connectivity index (χ2v) is 5.50. The van der Waals surface area contributed by atoms with E-state index in [4.69, 9.17) is 0 Å². The molecule has 0 saturated heterocycles. The van der Waals surface area contributed by atoms with Gasteiger partial charge in [-0.2, -0.15) is 0 Å². The summed E-state index contributed by atoms with van der Waals surface area (Å²) in [5.74, 6) is -0.0185. The van der Waals surface area contributed by atoms with E-state index in [9.17, 15) is 4.79 Å². The van der Waals surface area contributed by atoms with E-state index in [0.29, 0.717) is 6.54 Å². The molecule has 1 aromatic carbocycles. The zero-order chi connectivity index (χ0) is 13.6. The molecule has 1 rings (SSSR count). The first-order valence-corrected chi connectivity index (χ1v) is 7.09. The largest absolute Gasteiger partial charge is 0.324 e. The fourth-order valence-corrected chi connectivity index (χ4v) is 1.93. The van der Waals surface area contributed by atoms with Gasteiger partial charge in [-0.25, -0.2) is 0 Å². The van der Waals surface area contributed by atoms with E-state index in [1.165, 1.54) is 0 Å². The van der Waals surface area contributed by atoms with Crippen LogP contribution in [0, 0.1) is 0 Å². The summed E-state index contributed by atoms with van der Waals surface area (Å²) in [5, 5.41) is 6.19. The Kier molecular flexibility index (Phi) is 5.82. The average Bonchev–Trinajstić information content (AvgIpc) is 2.39. The van der Waals surface area contributed by atoms with E-state index < -0.39 is 0 Å². The molecule has 18 heavy (non-hydrogen) atoms. The van der Waals surface area contributed by atoms with Gasteiger partial charge in [-0.1, -0.05) is 26.0 Å². The smallest absolute Gasteiger partial charge is 0.238 e. The Morgan fingerprint density at radius 3 is 2.44 bits per heavy atom. The molecule has 0 heterocycles. The molecule has 3 nitrogen and oxygen atoms in total. The van der Waals surface area contributed by atoms with Gasteiger partial charge in [-0.15, -0.1) is 0 Å². The molecule has 100 valence electrons. The highest BCUT2D eigenvalue weighted by Crippen LogP contribution is 2.21. The first-order valence-electron chi connectivity index (χ1n) is 6.30. The summed E-state index contributed by atoms with van der Waals surface area (Å²) in [4.78, 5) is 11.8. The van der Waals surface area contributed by atoms with Crippen molar-refractivity contribution in [3.63, 3.8) is 0 Å². The third-order valence-electron chi connectivity index (χ3n) is 3.38. The van der Waals surface area contributed by atoms with Gasteiger partial charge in [-0.05, 0) is 47.8 Å². The maximum atomic E-state index is 11.8. The van der Waals surface area contributed by atoms with Crippen LogP contribution in [0.2, 0.25) is 0 Å². The third kappa shape index (κ3) is 4.42. The lowest BCUT2D eigenvalue weighted by Gasteiger charge is -2.28. The summed E-state index contributed by atoms with van der Waals surface area (Å²) in [5.41, 5.74) is 0.838. The first kappa shape index (κ1) is 15.2. The number of hydrogen-bond donors (Lipinski definition) is 2. The number of carbonyl (C=O) groups excluding carboxylic acids is 1. The first-order chi connectivity index (χ1) is 8.50. The highest BCUT2D eigenvalue weighted by atomic mass is 79.9. The topological polar surface area (TPSA) is 41.1 Å². The molecule has 0 spiro atoms. The Balaban J connectivity index is 2.50. The molecule has 0 atom stereocenters. The average molecular weight is 313 g/mol. The van der Waals surface area contributed by atoms with Gasteiger partial charge in [0.2, 0.25) is 5.91 Å². The van der Waals surface area contributed by atoms with Crippen LogP contribution in [-0.4, -0.2) is 18.0 Å². The number of rotatable bonds is 6. The van der Waals surface area contributed by atoms with Gasteiger partial charge < -0.3 is 10.6 Å².